The average Bonchev–Trinajstić information content (AvgIpc) is 2.78. The molecule has 0 radical (unpaired) electrons. The van der Waals surface area contributed by atoms with E-state index in [1.165, 1.54) is 10.9 Å². The molecule has 1 aromatic rings. The summed E-state index contributed by atoms with van der Waals surface area (Å²) in [4.78, 5) is 23.0. The number of carbonyl (C=O) groups excluding carboxylic acids is 1. The van der Waals surface area contributed by atoms with Gasteiger partial charge in [-0.2, -0.15) is 5.10 Å². The van der Waals surface area contributed by atoms with Crippen LogP contribution in [0, 0.1) is 10.1 Å². The van der Waals surface area contributed by atoms with Gasteiger partial charge < -0.3 is 10.6 Å². The zero-order valence-electron chi connectivity index (χ0n) is 14.3. The van der Waals surface area contributed by atoms with Gasteiger partial charge in [0.25, 0.3) is 5.91 Å². The highest BCUT2D eigenvalue weighted by Crippen LogP contribution is 2.29. The first-order valence-corrected chi connectivity index (χ1v) is 7.85. The minimum Gasteiger partial charge on any atom is -0.348 e. The van der Waals surface area contributed by atoms with Crippen LogP contribution in [0.5, 0.6) is 0 Å². The zero-order chi connectivity index (χ0) is 17.4. The van der Waals surface area contributed by atoms with Crippen molar-refractivity contribution in [2.24, 2.45) is 0 Å². The van der Waals surface area contributed by atoms with Crippen LogP contribution in [0.3, 0.4) is 0 Å². The van der Waals surface area contributed by atoms with Crippen molar-refractivity contribution in [2.75, 3.05) is 0 Å². The first-order chi connectivity index (χ1) is 10.5. The molecule has 2 rings (SSSR count). The standard InChI is InChI=1S/C15H25N5O3/c1-6-19-9-11(20(22)23)12(17-19)13(21)16-10-7-14(2,3)18-15(4,5)8-10/h9-10,18H,6-8H2,1-5H3,(H,16,21). The maximum Gasteiger partial charge on any atom is 0.320 e. The van der Waals surface area contributed by atoms with Gasteiger partial charge in [0.05, 0.1) is 4.92 Å². The van der Waals surface area contributed by atoms with Crippen molar-refractivity contribution in [1.29, 1.82) is 0 Å². The highest BCUT2D eigenvalue weighted by molar-refractivity contribution is 5.96. The summed E-state index contributed by atoms with van der Waals surface area (Å²) in [5.41, 5.74) is -0.606. The number of nitrogens with zero attached hydrogens (tertiary/aromatic N) is 3. The Balaban J connectivity index is 2.19. The quantitative estimate of drug-likeness (QED) is 0.650. The van der Waals surface area contributed by atoms with E-state index in [9.17, 15) is 14.9 Å². The van der Waals surface area contributed by atoms with Gasteiger partial charge in [-0.3, -0.25) is 19.6 Å². The minimum atomic E-state index is -0.565. The van der Waals surface area contributed by atoms with Crippen molar-refractivity contribution in [2.45, 2.75) is 71.1 Å². The van der Waals surface area contributed by atoms with Crippen LogP contribution in [0.1, 0.15) is 57.9 Å². The molecule has 1 amide bonds. The molecular weight excluding hydrogens is 298 g/mol. The summed E-state index contributed by atoms with van der Waals surface area (Å²) in [5, 5.41) is 21.6. The minimum absolute atomic E-state index is 0.0554. The summed E-state index contributed by atoms with van der Waals surface area (Å²) in [5.74, 6) is -0.484. The lowest BCUT2D eigenvalue weighted by molar-refractivity contribution is -0.385. The van der Waals surface area contributed by atoms with Gasteiger partial charge in [0.1, 0.15) is 6.20 Å². The molecule has 23 heavy (non-hydrogen) atoms. The largest absolute Gasteiger partial charge is 0.348 e. The molecular formula is C15H25N5O3. The Kier molecular flexibility index (Phi) is 4.48. The number of hydrogen-bond donors (Lipinski definition) is 2. The first-order valence-electron chi connectivity index (χ1n) is 7.85. The highest BCUT2D eigenvalue weighted by Gasteiger charge is 2.39. The van der Waals surface area contributed by atoms with Crippen LogP contribution in [-0.2, 0) is 6.54 Å². The van der Waals surface area contributed by atoms with Gasteiger partial charge in [-0.1, -0.05) is 0 Å². The van der Waals surface area contributed by atoms with Crippen LogP contribution in [0.25, 0.3) is 0 Å². The van der Waals surface area contributed by atoms with Crippen LogP contribution < -0.4 is 10.6 Å². The van der Waals surface area contributed by atoms with Crippen molar-refractivity contribution < 1.29 is 9.72 Å². The molecule has 2 heterocycles. The molecule has 0 saturated carbocycles. The number of carbonyl (C=O) groups is 1. The Labute approximate surface area is 135 Å². The number of aryl methyl sites for hydroxylation is 1. The lowest BCUT2D eigenvalue weighted by atomic mass is 9.79. The number of hydrogen-bond acceptors (Lipinski definition) is 5. The normalized spacial score (nSPS) is 20.2. The molecule has 1 saturated heterocycles. The number of rotatable bonds is 4. The van der Waals surface area contributed by atoms with Gasteiger partial charge in [-0.05, 0) is 47.5 Å². The molecule has 1 aliphatic rings. The smallest absolute Gasteiger partial charge is 0.320 e. The Hall–Kier alpha value is -1.96. The Bertz CT molecular complexity index is 605. The fourth-order valence-corrected chi connectivity index (χ4v) is 3.55. The Morgan fingerprint density at radius 2 is 2.00 bits per heavy atom. The molecule has 1 fully saturated rings. The summed E-state index contributed by atoms with van der Waals surface area (Å²) in [7, 11) is 0. The number of amides is 1. The molecule has 0 spiro atoms. The molecule has 0 aliphatic carbocycles. The Morgan fingerprint density at radius 1 is 1.43 bits per heavy atom. The SMILES string of the molecule is CCn1cc([N+](=O)[O-])c(C(=O)NC2CC(C)(C)NC(C)(C)C2)n1. The summed E-state index contributed by atoms with van der Waals surface area (Å²) >= 11 is 0. The maximum absolute atomic E-state index is 12.5. The monoisotopic (exact) mass is 323 g/mol. The first kappa shape index (κ1) is 17.4. The molecule has 8 heteroatoms. The van der Waals surface area contributed by atoms with Crippen molar-refractivity contribution in [3.63, 3.8) is 0 Å². The predicted molar refractivity (Wildman–Crippen MR) is 86.3 cm³/mol. The van der Waals surface area contributed by atoms with E-state index in [1.807, 2.05) is 6.92 Å². The predicted octanol–water partition coefficient (Wildman–Crippen LogP) is 1.85. The van der Waals surface area contributed by atoms with E-state index in [0.717, 1.165) is 12.8 Å². The topological polar surface area (TPSA) is 102 Å². The van der Waals surface area contributed by atoms with Crippen molar-refractivity contribution in [3.05, 3.63) is 22.0 Å². The second-order valence-corrected chi connectivity index (χ2v) is 7.45. The van der Waals surface area contributed by atoms with Gasteiger partial charge in [-0.15, -0.1) is 0 Å². The van der Waals surface area contributed by atoms with E-state index in [-0.39, 0.29) is 28.5 Å². The van der Waals surface area contributed by atoms with Crippen LogP contribution in [0.4, 0.5) is 5.69 Å². The zero-order valence-corrected chi connectivity index (χ0v) is 14.3. The van der Waals surface area contributed by atoms with Crippen molar-refractivity contribution in [3.8, 4) is 0 Å². The molecule has 1 aliphatic heterocycles. The number of piperidine rings is 1. The third kappa shape index (κ3) is 4.07. The molecule has 128 valence electrons. The van der Waals surface area contributed by atoms with E-state index < -0.39 is 10.8 Å². The van der Waals surface area contributed by atoms with Crippen LogP contribution in [0.2, 0.25) is 0 Å². The van der Waals surface area contributed by atoms with Crippen LogP contribution in [0.15, 0.2) is 6.20 Å². The van der Waals surface area contributed by atoms with E-state index in [4.69, 9.17) is 0 Å². The van der Waals surface area contributed by atoms with E-state index in [0.29, 0.717) is 6.54 Å². The van der Waals surface area contributed by atoms with Crippen LogP contribution in [-0.4, -0.2) is 37.7 Å². The molecule has 1 aromatic heterocycles. The average molecular weight is 323 g/mol. The second-order valence-electron chi connectivity index (χ2n) is 7.45. The van der Waals surface area contributed by atoms with E-state index >= 15 is 0 Å². The summed E-state index contributed by atoms with van der Waals surface area (Å²) in [6.07, 6.45) is 2.81. The molecule has 8 nitrogen and oxygen atoms in total. The van der Waals surface area contributed by atoms with E-state index in [2.05, 4.69) is 43.4 Å². The second kappa shape index (κ2) is 5.92. The fourth-order valence-electron chi connectivity index (χ4n) is 3.55. The van der Waals surface area contributed by atoms with Gasteiger partial charge in [0, 0.05) is 23.7 Å². The highest BCUT2D eigenvalue weighted by atomic mass is 16.6. The molecule has 0 bridgehead atoms. The third-order valence-electron chi connectivity index (χ3n) is 4.00. The Morgan fingerprint density at radius 3 is 2.48 bits per heavy atom. The summed E-state index contributed by atoms with van der Waals surface area (Å²) in [6.45, 7) is 10.6. The van der Waals surface area contributed by atoms with Gasteiger partial charge in [-0.25, -0.2) is 0 Å². The van der Waals surface area contributed by atoms with Gasteiger partial charge in [0.15, 0.2) is 0 Å². The van der Waals surface area contributed by atoms with Crippen molar-refractivity contribution in [1.82, 2.24) is 20.4 Å². The summed E-state index contributed by atoms with van der Waals surface area (Å²) < 4.78 is 1.41. The van der Waals surface area contributed by atoms with Gasteiger partial charge in [0.2, 0.25) is 5.69 Å². The van der Waals surface area contributed by atoms with Crippen molar-refractivity contribution >= 4 is 11.6 Å². The molecule has 0 aromatic carbocycles. The lowest BCUT2D eigenvalue weighted by Gasteiger charge is -2.46. The lowest BCUT2D eigenvalue weighted by Crippen LogP contribution is -2.62. The molecule has 0 atom stereocenters. The maximum atomic E-state index is 12.5. The number of aromatic nitrogens is 2. The van der Waals surface area contributed by atoms with E-state index in [1.54, 1.807) is 0 Å². The van der Waals surface area contributed by atoms with Crippen LogP contribution >= 0.6 is 0 Å². The fraction of sp³-hybridized carbons (Fsp3) is 0.733. The van der Waals surface area contributed by atoms with Gasteiger partial charge >= 0.3 is 5.69 Å². The number of nitrogens with one attached hydrogen (secondary N) is 2. The number of nitro groups is 1. The third-order valence-corrected chi connectivity index (χ3v) is 4.00. The summed E-state index contributed by atoms with van der Waals surface area (Å²) in [6, 6.07) is -0.0554. The molecule has 0 unspecified atom stereocenters. The molecule has 2 N–H and O–H groups in total.